The summed E-state index contributed by atoms with van der Waals surface area (Å²) in [5.74, 6) is 0. The van der Waals surface area contributed by atoms with Gasteiger partial charge in [0, 0.05) is 0 Å². The Morgan fingerprint density at radius 3 is 1.90 bits per heavy atom. The van der Waals surface area contributed by atoms with E-state index in [1.165, 1.54) is 5.56 Å². The number of benzene rings is 2. The zero-order chi connectivity index (χ0) is 14.6. The van der Waals surface area contributed by atoms with Gasteiger partial charge in [-0.05, 0) is 38.0 Å². The molecule has 0 saturated heterocycles. The first kappa shape index (κ1) is 14.8. The van der Waals surface area contributed by atoms with E-state index in [0.29, 0.717) is 6.42 Å². The van der Waals surface area contributed by atoms with Gasteiger partial charge in [-0.3, -0.25) is 4.18 Å². The van der Waals surface area contributed by atoms with Crippen molar-refractivity contribution in [2.45, 2.75) is 25.2 Å². The van der Waals surface area contributed by atoms with Crippen LogP contribution in [0.1, 0.15) is 16.7 Å². The summed E-state index contributed by atoms with van der Waals surface area (Å²) in [7, 11) is -3.66. The highest BCUT2D eigenvalue weighted by Gasteiger charge is 2.14. The first-order valence-electron chi connectivity index (χ1n) is 6.49. The fourth-order valence-corrected chi connectivity index (χ4v) is 2.71. The van der Waals surface area contributed by atoms with Gasteiger partial charge in [0.05, 0.1) is 11.5 Å². The molecule has 0 aromatic heterocycles. The molecule has 2 aromatic rings. The Kier molecular flexibility index (Phi) is 4.57. The molecule has 0 amide bonds. The molecule has 0 unspecified atom stereocenters. The Labute approximate surface area is 120 Å². The molecule has 0 saturated carbocycles. The Bertz CT molecular complexity index is 656. The van der Waals surface area contributed by atoms with Crippen LogP contribution in [0, 0.1) is 13.8 Å². The van der Waals surface area contributed by atoms with E-state index in [2.05, 4.69) is 0 Å². The van der Waals surface area contributed by atoms with Crippen molar-refractivity contribution in [2.75, 3.05) is 6.61 Å². The third-order valence-electron chi connectivity index (χ3n) is 3.06. The van der Waals surface area contributed by atoms with Gasteiger partial charge in [0.15, 0.2) is 0 Å². The van der Waals surface area contributed by atoms with Crippen LogP contribution in [0.2, 0.25) is 0 Å². The standard InChI is InChI=1S/C16H18O3S/c1-13-3-7-15(8-4-13)11-12-19-20(17,18)16-9-5-14(2)6-10-16/h3-10H,11-12H2,1-2H3/i12+1. The largest absolute Gasteiger partial charge is 0.296 e. The highest BCUT2D eigenvalue weighted by Crippen LogP contribution is 2.14. The van der Waals surface area contributed by atoms with Crippen molar-refractivity contribution in [2.24, 2.45) is 0 Å². The fourth-order valence-electron chi connectivity index (χ4n) is 1.80. The molecule has 2 rings (SSSR count). The van der Waals surface area contributed by atoms with Crippen LogP contribution in [-0.2, 0) is 20.7 Å². The van der Waals surface area contributed by atoms with Crippen molar-refractivity contribution >= 4 is 10.1 Å². The van der Waals surface area contributed by atoms with Gasteiger partial charge in [-0.15, -0.1) is 0 Å². The molecule has 2 aromatic carbocycles. The minimum absolute atomic E-state index is 0.152. The third-order valence-corrected chi connectivity index (χ3v) is 4.39. The van der Waals surface area contributed by atoms with E-state index in [4.69, 9.17) is 4.18 Å². The monoisotopic (exact) mass is 291 g/mol. The molecule has 0 aliphatic rings. The second-order valence-corrected chi connectivity index (χ2v) is 6.44. The molecule has 0 radical (unpaired) electrons. The van der Waals surface area contributed by atoms with E-state index in [0.717, 1.165) is 11.1 Å². The molecule has 3 nitrogen and oxygen atoms in total. The molecule has 0 aliphatic heterocycles. The summed E-state index contributed by atoms with van der Waals surface area (Å²) >= 11 is 0. The van der Waals surface area contributed by atoms with Crippen molar-refractivity contribution in [1.29, 1.82) is 0 Å². The topological polar surface area (TPSA) is 43.4 Å². The van der Waals surface area contributed by atoms with Crippen molar-refractivity contribution in [1.82, 2.24) is 0 Å². The summed E-state index contributed by atoms with van der Waals surface area (Å²) in [5, 5.41) is 0. The lowest BCUT2D eigenvalue weighted by Crippen LogP contribution is -2.09. The van der Waals surface area contributed by atoms with Gasteiger partial charge in [-0.25, -0.2) is 0 Å². The van der Waals surface area contributed by atoms with Crippen LogP contribution in [0.3, 0.4) is 0 Å². The van der Waals surface area contributed by atoms with E-state index in [9.17, 15) is 8.42 Å². The van der Waals surface area contributed by atoms with Crippen LogP contribution in [0.4, 0.5) is 0 Å². The van der Waals surface area contributed by atoms with E-state index in [1.54, 1.807) is 24.3 Å². The van der Waals surface area contributed by atoms with E-state index < -0.39 is 10.1 Å². The highest BCUT2D eigenvalue weighted by atomic mass is 32.2. The lowest BCUT2D eigenvalue weighted by atomic mass is 10.1. The molecule has 20 heavy (non-hydrogen) atoms. The number of aryl methyl sites for hydroxylation is 2. The summed E-state index contributed by atoms with van der Waals surface area (Å²) in [5.41, 5.74) is 3.26. The second-order valence-electron chi connectivity index (χ2n) is 4.82. The van der Waals surface area contributed by atoms with Crippen LogP contribution in [0.15, 0.2) is 53.4 Å². The van der Waals surface area contributed by atoms with Gasteiger partial charge in [0.1, 0.15) is 0 Å². The zero-order valence-electron chi connectivity index (χ0n) is 11.7. The van der Waals surface area contributed by atoms with Crippen molar-refractivity contribution in [3.8, 4) is 0 Å². The lowest BCUT2D eigenvalue weighted by Gasteiger charge is -2.06. The molecule has 0 spiro atoms. The van der Waals surface area contributed by atoms with Gasteiger partial charge in [0.2, 0.25) is 0 Å². The van der Waals surface area contributed by atoms with Gasteiger partial charge < -0.3 is 0 Å². The quantitative estimate of drug-likeness (QED) is 0.627. The maximum absolute atomic E-state index is 12.0. The average Bonchev–Trinajstić information content (AvgIpc) is 2.41. The average molecular weight is 291 g/mol. The third kappa shape index (κ3) is 3.92. The molecular formula is C16H18O3S. The van der Waals surface area contributed by atoms with Gasteiger partial charge in [0.25, 0.3) is 10.1 Å². The summed E-state index contributed by atoms with van der Waals surface area (Å²) < 4.78 is 29.0. The Morgan fingerprint density at radius 2 is 1.35 bits per heavy atom. The number of hydrogen-bond acceptors (Lipinski definition) is 3. The zero-order valence-corrected chi connectivity index (χ0v) is 12.5. The van der Waals surface area contributed by atoms with Crippen molar-refractivity contribution in [3.05, 3.63) is 65.2 Å². The van der Waals surface area contributed by atoms with Crippen LogP contribution in [-0.4, -0.2) is 15.0 Å². The van der Waals surface area contributed by atoms with Gasteiger partial charge in [-0.1, -0.05) is 47.5 Å². The molecule has 0 heterocycles. The van der Waals surface area contributed by atoms with E-state index in [1.807, 2.05) is 38.1 Å². The van der Waals surface area contributed by atoms with E-state index >= 15 is 0 Å². The first-order chi connectivity index (χ1) is 9.47. The molecule has 0 fully saturated rings. The minimum atomic E-state index is -3.66. The van der Waals surface area contributed by atoms with Crippen LogP contribution >= 0.6 is 0 Å². The normalized spacial score (nSPS) is 11.5. The molecular weight excluding hydrogens is 273 g/mol. The SMILES string of the molecule is Cc1ccc(C[13CH2]OS(=O)(=O)c2ccc(C)cc2)cc1. The predicted octanol–water partition coefficient (Wildman–Crippen LogP) is 3.25. The molecule has 106 valence electrons. The smallest absolute Gasteiger partial charge is 0.266 e. The summed E-state index contributed by atoms with van der Waals surface area (Å²) in [6.45, 7) is 4.08. The second kappa shape index (κ2) is 6.20. The van der Waals surface area contributed by atoms with E-state index in [-0.39, 0.29) is 11.5 Å². The van der Waals surface area contributed by atoms with Gasteiger partial charge in [-0.2, -0.15) is 8.42 Å². The summed E-state index contributed by atoms with van der Waals surface area (Å²) in [6, 6.07) is 14.6. The summed E-state index contributed by atoms with van der Waals surface area (Å²) in [4.78, 5) is 0.201. The predicted molar refractivity (Wildman–Crippen MR) is 79.2 cm³/mol. The number of rotatable bonds is 5. The highest BCUT2D eigenvalue weighted by molar-refractivity contribution is 7.86. The molecule has 0 atom stereocenters. The maximum Gasteiger partial charge on any atom is 0.296 e. The molecule has 4 heteroatoms. The van der Waals surface area contributed by atoms with Gasteiger partial charge >= 0.3 is 0 Å². The number of hydrogen-bond donors (Lipinski definition) is 0. The summed E-state index contributed by atoms with van der Waals surface area (Å²) in [6.07, 6.45) is 0.575. The molecule has 0 N–H and O–H groups in total. The van der Waals surface area contributed by atoms with Crippen LogP contribution in [0.25, 0.3) is 0 Å². The first-order valence-corrected chi connectivity index (χ1v) is 7.90. The van der Waals surface area contributed by atoms with Crippen molar-refractivity contribution < 1.29 is 12.6 Å². The minimum Gasteiger partial charge on any atom is -0.266 e. The van der Waals surface area contributed by atoms with Crippen LogP contribution < -0.4 is 0 Å². The lowest BCUT2D eigenvalue weighted by molar-refractivity contribution is 0.322. The molecule has 0 bridgehead atoms. The maximum atomic E-state index is 12.0. The Balaban J connectivity index is 1.96. The fraction of sp³-hybridized carbons (Fsp3) is 0.250. The Hall–Kier alpha value is -1.65. The molecule has 0 aliphatic carbocycles. The Morgan fingerprint density at radius 1 is 0.850 bits per heavy atom. The van der Waals surface area contributed by atoms with Crippen LogP contribution in [0.5, 0.6) is 0 Å². The van der Waals surface area contributed by atoms with Crippen molar-refractivity contribution in [3.63, 3.8) is 0 Å².